The second-order valence-electron chi connectivity index (χ2n) is 7.83. The van der Waals surface area contributed by atoms with E-state index in [1.807, 2.05) is 33.2 Å². The second kappa shape index (κ2) is 7.74. The van der Waals surface area contributed by atoms with Gasteiger partial charge in [0, 0.05) is 44.0 Å². The fourth-order valence-electron chi connectivity index (χ4n) is 3.76. The average Bonchev–Trinajstić information content (AvgIpc) is 3.20. The summed E-state index contributed by atoms with van der Waals surface area (Å²) >= 11 is 0. The lowest BCUT2D eigenvalue weighted by Crippen LogP contribution is -2.30. The summed E-state index contributed by atoms with van der Waals surface area (Å²) < 4.78 is 3.47. The Morgan fingerprint density at radius 2 is 1.77 bits per heavy atom. The van der Waals surface area contributed by atoms with Crippen molar-refractivity contribution in [2.24, 2.45) is 7.05 Å². The quantitative estimate of drug-likeness (QED) is 0.513. The third kappa shape index (κ3) is 3.70. The van der Waals surface area contributed by atoms with E-state index in [1.165, 1.54) is 5.56 Å². The van der Waals surface area contributed by atoms with Gasteiger partial charge >= 0.3 is 0 Å². The molecule has 0 aliphatic heterocycles. The summed E-state index contributed by atoms with van der Waals surface area (Å²) in [6.45, 7) is 6.65. The Labute approximate surface area is 176 Å². The van der Waals surface area contributed by atoms with E-state index < -0.39 is 0 Å². The lowest BCUT2D eigenvalue weighted by Gasteiger charge is -2.17. The van der Waals surface area contributed by atoms with Crippen LogP contribution in [0.4, 0.5) is 0 Å². The number of fused-ring (bicyclic) bond motifs is 1. The fraction of sp³-hybridized carbons (Fsp3) is 0.304. The van der Waals surface area contributed by atoms with Crippen LogP contribution in [0.15, 0.2) is 42.7 Å². The van der Waals surface area contributed by atoms with E-state index in [4.69, 9.17) is 0 Å². The molecule has 3 aromatic heterocycles. The van der Waals surface area contributed by atoms with Gasteiger partial charge < -0.3 is 4.90 Å². The minimum atomic E-state index is -0.0230. The topological polar surface area (TPSA) is 68.8 Å². The Hall–Kier alpha value is -3.48. The lowest BCUT2D eigenvalue weighted by atomic mass is 10.0. The maximum absolute atomic E-state index is 12.9. The molecule has 0 bridgehead atoms. The molecule has 3 heterocycles. The number of carbonyl (C=O) groups excluding carboxylic acids is 1. The smallest absolute Gasteiger partial charge is 0.244 e. The van der Waals surface area contributed by atoms with Crippen molar-refractivity contribution in [3.05, 3.63) is 65.2 Å². The molecule has 154 valence electrons. The van der Waals surface area contributed by atoms with Gasteiger partial charge in [-0.3, -0.25) is 9.48 Å². The van der Waals surface area contributed by atoms with E-state index in [1.54, 1.807) is 27.5 Å². The fourth-order valence-corrected chi connectivity index (χ4v) is 3.76. The molecular weight excluding hydrogens is 376 g/mol. The van der Waals surface area contributed by atoms with Crippen LogP contribution in [-0.4, -0.2) is 42.4 Å². The van der Waals surface area contributed by atoms with Crippen LogP contribution in [0.1, 0.15) is 22.5 Å². The van der Waals surface area contributed by atoms with Gasteiger partial charge in [-0.25, -0.2) is 9.67 Å². The van der Waals surface area contributed by atoms with Crippen LogP contribution in [0, 0.1) is 20.8 Å². The molecule has 0 fully saturated rings. The van der Waals surface area contributed by atoms with Crippen molar-refractivity contribution in [3.63, 3.8) is 0 Å². The number of likely N-dealkylation sites (N-methyl/N-ethyl adjacent to an activating group) is 1. The van der Waals surface area contributed by atoms with Gasteiger partial charge in [-0.15, -0.1) is 0 Å². The molecule has 4 rings (SSSR count). The number of carbonyl (C=O) groups is 1. The maximum atomic E-state index is 12.9. The van der Waals surface area contributed by atoms with Crippen LogP contribution in [0.5, 0.6) is 0 Å². The van der Waals surface area contributed by atoms with Crippen LogP contribution in [0.2, 0.25) is 0 Å². The molecule has 0 saturated carbocycles. The number of amides is 1. The standard InChI is InChI=1S/C23H26N6O/c1-15-6-8-18(9-7-15)20-10-11-24-23-22(20)17(3)26-29(23)14-21(30)27(4)12-19-13-28(5)25-16(19)2/h6-11,13H,12,14H2,1-5H3. The Balaban J connectivity index is 1.62. The summed E-state index contributed by atoms with van der Waals surface area (Å²) in [5.41, 5.74) is 6.98. The van der Waals surface area contributed by atoms with Gasteiger partial charge in [0.25, 0.3) is 0 Å². The highest BCUT2D eigenvalue weighted by Gasteiger charge is 2.18. The van der Waals surface area contributed by atoms with E-state index >= 15 is 0 Å². The zero-order valence-electron chi connectivity index (χ0n) is 18.0. The molecule has 0 atom stereocenters. The van der Waals surface area contributed by atoms with Gasteiger partial charge in [-0.2, -0.15) is 10.2 Å². The molecule has 1 aromatic carbocycles. The van der Waals surface area contributed by atoms with Crippen molar-refractivity contribution in [1.82, 2.24) is 29.4 Å². The Kier molecular flexibility index (Phi) is 5.11. The van der Waals surface area contributed by atoms with Crippen molar-refractivity contribution < 1.29 is 4.79 Å². The summed E-state index contributed by atoms with van der Waals surface area (Å²) in [6, 6.07) is 10.4. The minimum Gasteiger partial charge on any atom is -0.340 e. The number of benzene rings is 1. The second-order valence-corrected chi connectivity index (χ2v) is 7.83. The largest absolute Gasteiger partial charge is 0.340 e. The summed E-state index contributed by atoms with van der Waals surface area (Å²) in [5.74, 6) is -0.0230. The number of aryl methyl sites for hydroxylation is 4. The van der Waals surface area contributed by atoms with Crippen LogP contribution in [0.3, 0.4) is 0 Å². The van der Waals surface area contributed by atoms with Gasteiger partial charge in [-0.05, 0) is 38.0 Å². The van der Waals surface area contributed by atoms with Crippen LogP contribution in [-0.2, 0) is 24.9 Å². The first-order chi connectivity index (χ1) is 14.3. The van der Waals surface area contributed by atoms with E-state index in [2.05, 4.69) is 46.4 Å². The molecule has 0 spiro atoms. The summed E-state index contributed by atoms with van der Waals surface area (Å²) in [5, 5.41) is 9.97. The monoisotopic (exact) mass is 402 g/mol. The van der Waals surface area contributed by atoms with Crippen molar-refractivity contribution in [2.75, 3.05) is 7.05 Å². The van der Waals surface area contributed by atoms with E-state index in [0.29, 0.717) is 6.54 Å². The van der Waals surface area contributed by atoms with E-state index in [-0.39, 0.29) is 12.5 Å². The Morgan fingerprint density at radius 3 is 2.43 bits per heavy atom. The number of aromatic nitrogens is 5. The zero-order valence-corrected chi connectivity index (χ0v) is 18.0. The molecule has 4 aromatic rings. The number of hydrogen-bond donors (Lipinski definition) is 0. The van der Waals surface area contributed by atoms with Crippen LogP contribution < -0.4 is 0 Å². The van der Waals surface area contributed by atoms with Gasteiger partial charge in [0.05, 0.1) is 11.4 Å². The molecule has 0 N–H and O–H groups in total. The predicted molar refractivity (Wildman–Crippen MR) is 117 cm³/mol. The highest BCUT2D eigenvalue weighted by molar-refractivity contribution is 5.95. The molecular formula is C23H26N6O. The first kappa shape index (κ1) is 19.8. The maximum Gasteiger partial charge on any atom is 0.244 e. The molecule has 0 aliphatic rings. The van der Waals surface area contributed by atoms with Crippen LogP contribution in [0.25, 0.3) is 22.2 Å². The molecule has 0 aliphatic carbocycles. The highest BCUT2D eigenvalue weighted by Crippen LogP contribution is 2.30. The summed E-state index contributed by atoms with van der Waals surface area (Å²) in [6.07, 6.45) is 3.73. The predicted octanol–water partition coefficient (Wildman–Crippen LogP) is 3.42. The van der Waals surface area contributed by atoms with E-state index in [9.17, 15) is 4.79 Å². The number of pyridine rings is 1. The van der Waals surface area contributed by atoms with Gasteiger partial charge in [0.15, 0.2) is 5.65 Å². The normalized spacial score (nSPS) is 11.2. The van der Waals surface area contributed by atoms with Crippen LogP contribution >= 0.6 is 0 Å². The zero-order chi connectivity index (χ0) is 21.4. The molecule has 0 saturated heterocycles. The average molecular weight is 403 g/mol. The first-order valence-corrected chi connectivity index (χ1v) is 9.95. The molecule has 7 heteroatoms. The van der Waals surface area contributed by atoms with Crippen molar-refractivity contribution >= 4 is 16.9 Å². The van der Waals surface area contributed by atoms with Gasteiger partial charge in [0.2, 0.25) is 5.91 Å². The van der Waals surface area contributed by atoms with Gasteiger partial charge in [-0.1, -0.05) is 29.8 Å². The molecule has 1 amide bonds. The molecule has 0 unspecified atom stereocenters. The summed E-state index contributed by atoms with van der Waals surface area (Å²) in [4.78, 5) is 19.1. The lowest BCUT2D eigenvalue weighted by molar-refractivity contribution is -0.131. The van der Waals surface area contributed by atoms with Gasteiger partial charge in [0.1, 0.15) is 6.54 Å². The molecule has 30 heavy (non-hydrogen) atoms. The Morgan fingerprint density at radius 1 is 1.03 bits per heavy atom. The molecule has 7 nitrogen and oxygen atoms in total. The number of rotatable bonds is 5. The first-order valence-electron chi connectivity index (χ1n) is 9.95. The van der Waals surface area contributed by atoms with Crippen molar-refractivity contribution in [1.29, 1.82) is 0 Å². The van der Waals surface area contributed by atoms with E-state index in [0.717, 1.165) is 39.1 Å². The number of hydrogen-bond acceptors (Lipinski definition) is 4. The van der Waals surface area contributed by atoms with Crippen molar-refractivity contribution in [3.8, 4) is 11.1 Å². The SMILES string of the molecule is Cc1ccc(-c2ccnc3c2c(C)nn3CC(=O)N(C)Cc2cn(C)nc2C)cc1. The number of nitrogens with zero attached hydrogens (tertiary/aromatic N) is 6. The Bertz CT molecular complexity index is 1220. The third-order valence-corrected chi connectivity index (χ3v) is 5.40. The third-order valence-electron chi connectivity index (χ3n) is 5.40. The molecule has 0 radical (unpaired) electrons. The summed E-state index contributed by atoms with van der Waals surface area (Å²) in [7, 11) is 3.69. The highest BCUT2D eigenvalue weighted by atomic mass is 16.2. The van der Waals surface area contributed by atoms with Crippen molar-refractivity contribution in [2.45, 2.75) is 33.9 Å². The minimum absolute atomic E-state index is 0.0230.